The molecule has 0 aromatic heterocycles. The first kappa shape index (κ1) is 16.3. The Morgan fingerprint density at radius 3 is 2.52 bits per heavy atom. The highest BCUT2D eigenvalue weighted by Crippen LogP contribution is 2.34. The molecule has 1 saturated carbocycles. The summed E-state index contributed by atoms with van der Waals surface area (Å²) in [6.45, 7) is 9.45. The quantitative estimate of drug-likeness (QED) is 0.825. The van der Waals surface area contributed by atoms with Gasteiger partial charge >= 0.3 is 0 Å². The summed E-state index contributed by atoms with van der Waals surface area (Å²) in [4.78, 5) is 0. The molecule has 0 heterocycles. The van der Waals surface area contributed by atoms with E-state index in [-0.39, 0.29) is 17.6 Å². The maximum absolute atomic E-state index is 6.04. The molecule has 0 amide bonds. The molecule has 3 heteroatoms. The molecule has 3 nitrogen and oxygen atoms in total. The lowest BCUT2D eigenvalue weighted by Crippen LogP contribution is -2.41. The van der Waals surface area contributed by atoms with E-state index in [1.54, 1.807) is 0 Å². The first-order valence-corrected chi connectivity index (χ1v) is 8.01. The molecule has 118 valence electrons. The van der Waals surface area contributed by atoms with Crippen LogP contribution in [0.15, 0.2) is 24.3 Å². The van der Waals surface area contributed by atoms with Gasteiger partial charge in [0.2, 0.25) is 0 Å². The van der Waals surface area contributed by atoms with Crippen molar-refractivity contribution in [3.63, 3.8) is 0 Å². The van der Waals surface area contributed by atoms with E-state index in [1.165, 1.54) is 18.4 Å². The van der Waals surface area contributed by atoms with Gasteiger partial charge < -0.3 is 14.8 Å². The van der Waals surface area contributed by atoms with Crippen LogP contribution in [0.1, 0.15) is 52.1 Å². The summed E-state index contributed by atoms with van der Waals surface area (Å²) in [5, 5.41) is 3.43. The van der Waals surface area contributed by atoms with Crippen LogP contribution in [-0.2, 0) is 4.74 Å². The summed E-state index contributed by atoms with van der Waals surface area (Å²) >= 11 is 0. The molecular weight excluding hydrogens is 262 g/mol. The summed E-state index contributed by atoms with van der Waals surface area (Å²) in [5.41, 5.74) is 1.29. The molecule has 0 bridgehead atoms. The Labute approximate surface area is 129 Å². The zero-order valence-corrected chi connectivity index (χ0v) is 14.0. The number of hydrogen-bond donors (Lipinski definition) is 1. The minimum absolute atomic E-state index is 0.0665. The van der Waals surface area contributed by atoms with Crippen molar-refractivity contribution in [2.24, 2.45) is 5.41 Å². The molecule has 1 N–H and O–H groups in total. The molecule has 0 radical (unpaired) electrons. The Hall–Kier alpha value is -1.06. The van der Waals surface area contributed by atoms with Gasteiger partial charge in [0.25, 0.3) is 0 Å². The summed E-state index contributed by atoms with van der Waals surface area (Å²) in [5.74, 6) is 0.972. The Morgan fingerprint density at radius 1 is 1.29 bits per heavy atom. The molecular formula is C18H29NO2. The van der Waals surface area contributed by atoms with Gasteiger partial charge in [0, 0.05) is 6.61 Å². The predicted molar refractivity (Wildman–Crippen MR) is 86.8 cm³/mol. The van der Waals surface area contributed by atoms with E-state index in [2.05, 4.69) is 51.2 Å². The summed E-state index contributed by atoms with van der Waals surface area (Å²) in [6.07, 6.45) is 2.91. The monoisotopic (exact) mass is 291 g/mol. The third-order valence-electron chi connectivity index (χ3n) is 3.86. The zero-order chi connectivity index (χ0) is 15.5. The number of likely N-dealkylation sites (N-methyl/N-ethyl adjacent to an activating group) is 1. The number of benzene rings is 1. The van der Waals surface area contributed by atoms with Gasteiger partial charge in [0.05, 0.1) is 18.2 Å². The summed E-state index contributed by atoms with van der Waals surface area (Å²) in [6, 6.07) is 8.58. The lowest BCUT2D eigenvalue weighted by Gasteiger charge is -2.37. The fourth-order valence-electron chi connectivity index (χ4n) is 2.68. The van der Waals surface area contributed by atoms with Crippen molar-refractivity contribution in [3.8, 4) is 5.75 Å². The maximum Gasteiger partial charge on any atom is 0.120 e. The van der Waals surface area contributed by atoms with Crippen LogP contribution in [0.4, 0.5) is 0 Å². The van der Waals surface area contributed by atoms with Crippen molar-refractivity contribution in [2.45, 2.75) is 58.8 Å². The third kappa shape index (κ3) is 4.45. The van der Waals surface area contributed by atoms with Crippen molar-refractivity contribution >= 4 is 0 Å². The summed E-state index contributed by atoms with van der Waals surface area (Å²) in [7, 11) is 2.00. The Kier molecular flexibility index (Phi) is 5.28. The fraction of sp³-hybridized carbons (Fsp3) is 0.667. The van der Waals surface area contributed by atoms with E-state index < -0.39 is 0 Å². The van der Waals surface area contributed by atoms with E-state index in [0.717, 1.165) is 12.4 Å². The normalized spacial score (nSPS) is 18.3. The van der Waals surface area contributed by atoms with E-state index >= 15 is 0 Å². The van der Waals surface area contributed by atoms with Crippen LogP contribution in [-0.4, -0.2) is 25.9 Å². The molecule has 1 aliphatic carbocycles. The van der Waals surface area contributed by atoms with Crippen LogP contribution < -0.4 is 10.1 Å². The van der Waals surface area contributed by atoms with E-state index in [0.29, 0.717) is 6.10 Å². The molecule has 1 aromatic carbocycles. The molecule has 0 spiro atoms. The van der Waals surface area contributed by atoms with Gasteiger partial charge in [-0.1, -0.05) is 32.9 Å². The molecule has 1 aromatic rings. The van der Waals surface area contributed by atoms with E-state index in [1.807, 2.05) is 13.1 Å². The molecule has 2 atom stereocenters. The van der Waals surface area contributed by atoms with Gasteiger partial charge in [0.15, 0.2) is 0 Å². The second-order valence-electron chi connectivity index (χ2n) is 6.90. The number of nitrogens with one attached hydrogen (secondary N) is 1. The molecule has 1 fully saturated rings. The highest BCUT2D eigenvalue weighted by atomic mass is 16.5. The second-order valence-corrected chi connectivity index (χ2v) is 6.90. The smallest absolute Gasteiger partial charge is 0.120 e. The van der Waals surface area contributed by atoms with Crippen LogP contribution in [0.25, 0.3) is 0 Å². The van der Waals surface area contributed by atoms with Gasteiger partial charge in [-0.05, 0) is 49.9 Å². The van der Waals surface area contributed by atoms with E-state index in [4.69, 9.17) is 9.47 Å². The minimum Gasteiger partial charge on any atom is -0.490 e. The molecule has 0 saturated heterocycles. The standard InChI is InChI=1S/C18H29NO2/c1-6-20-17(18(2,3)4)16(19-5)13-8-7-9-15(12-13)21-14-10-11-14/h7-9,12,14,16-17,19H,6,10-11H2,1-5H3. The number of hydrogen-bond acceptors (Lipinski definition) is 3. The highest BCUT2D eigenvalue weighted by molar-refractivity contribution is 5.32. The van der Waals surface area contributed by atoms with Crippen LogP contribution >= 0.6 is 0 Å². The van der Waals surface area contributed by atoms with Crippen LogP contribution in [0.2, 0.25) is 0 Å². The largest absolute Gasteiger partial charge is 0.490 e. The number of rotatable bonds is 7. The van der Waals surface area contributed by atoms with Gasteiger partial charge in [-0.15, -0.1) is 0 Å². The lowest BCUT2D eigenvalue weighted by atomic mass is 9.82. The second kappa shape index (κ2) is 6.80. The van der Waals surface area contributed by atoms with Gasteiger partial charge in [-0.3, -0.25) is 0 Å². The van der Waals surface area contributed by atoms with Gasteiger partial charge in [-0.2, -0.15) is 0 Å². The molecule has 2 unspecified atom stereocenters. The average molecular weight is 291 g/mol. The van der Waals surface area contributed by atoms with Crippen LogP contribution in [0.3, 0.4) is 0 Å². The van der Waals surface area contributed by atoms with E-state index in [9.17, 15) is 0 Å². The zero-order valence-electron chi connectivity index (χ0n) is 14.0. The maximum atomic E-state index is 6.04. The SMILES string of the molecule is CCOC(C(NC)c1cccc(OC2CC2)c1)C(C)(C)C. The van der Waals surface area contributed by atoms with Gasteiger partial charge in [-0.25, -0.2) is 0 Å². The van der Waals surface area contributed by atoms with Crippen molar-refractivity contribution in [1.82, 2.24) is 5.32 Å². The van der Waals surface area contributed by atoms with Crippen molar-refractivity contribution in [3.05, 3.63) is 29.8 Å². The number of ether oxygens (including phenoxy) is 2. The Bertz CT molecular complexity index is 449. The van der Waals surface area contributed by atoms with Crippen molar-refractivity contribution < 1.29 is 9.47 Å². The molecule has 0 aliphatic heterocycles. The average Bonchev–Trinajstić information content (AvgIpc) is 3.22. The topological polar surface area (TPSA) is 30.5 Å². The van der Waals surface area contributed by atoms with Crippen LogP contribution in [0.5, 0.6) is 5.75 Å². The van der Waals surface area contributed by atoms with Gasteiger partial charge in [0.1, 0.15) is 5.75 Å². The van der Waals surface area contributed by atoms with Crippen LogP contribution in [0, 0.1) is 5.41 Å². The summed E-state index contributed by atoms with van der Waals surface area (Å²) < 4.78 is 12.0. The molecule has 1 aliphatic rings. The molecule has 2 rings (SSSR count). The third-order valence-corrected chi connectivity index (χ3v) is 3.86. The first-order valence-electron chi connectivity index (χ1n) is 8.01. The fourth-order valence-corrected chi connectivity index (χ4v) is 2.68. The lowest BCUT2D eigenvalue weighted by molar-refractivity contribution is -0.0351. The molecule has 21 heavy (non-hydrogen) atoms. The first-order chi connectivity index (χ1) is 9.95. The minimum atomic E-state index is 0.0665. The Balaban J connectivity index is 2.21. The predicted octanol–water partition coefficient (Wildman–Crippen LogP) is 3.94. The Morgan fingerprint density at radius 2 is 2.00 bits per heavy atom. The van der Waals surface area contributed by atoms with Crippen molar-refractivity contribution in [1.29, 1.82) is 0 Å². The van der Waals surface area contributed by atoms with Crippen molar-refractivity contribution in [2.75, 3.05) is 13.7 Å². The highest BCUT2D eigenvalue weighted by Gasteiger charge is 2.33.